The highest BCUT2D eigenvalue weighted by molar-refractivity contribution is 5.95. The number of hydrogen-bond donors (Lipinski definition) is 3. The lowest BCUT2D eigenvalue weighted by Gasteiger charge is -2.26. The van der Waals surface area contributed by atoms with Crippen LogP contribution in [0, 0.1) is 5.92 Å². The number of rotatable bonds is 2. The van der Waals surface area contributed by atoms with E-state index in [0.29, 0.717) is 30.9 Å². The van der Waals surface area contributed by atoms with E-state index >= 15 is 0 Å². The third kappa shape index (κ3) is 2.53. The number of anilines is 1. The van der Waals surface area contributed by atoms with Crippen LogP contribution in [0.2, 0.25) is 0 Å². The standard InChI is InChI=1S/C16H21N3O3/c20-16(15-11-3-1-2-4-12(11)18-19-15)17-10-5-6-13-14(9-10)22-8-7-21-13/h5-6,9,11-12,15,18-19H,1-4,7-8H2,(H,17,20). The van der Waals surface area contributed by atoms with Crippen LogP contribution in [0.25, 0.3) is 0 Å². The minimum atomic E-state index is -0.168. The predicted octanol–water partition coefficient (Wildman–Crippen LogP) is 1.43. The molecule has 4 rings (SSSR count). The number of carbonyl (C=O) groups excluding carboxylic acids is 1. The van der Waals surface area contributed by atoms with Gasteiger partial charge < -0.3 is 14.8 Å². The van der Waals surface area contributed by atoms with E-state index in [1.807, 2.05) is 18.2 Å². The summed E-state index contributed by atoms with van der Waals surface area (Å²) in [6.45, 7) is 1.11. The maximum absolute atomic E-state index is 12.6. The summed E-state index contributed by atoms with van der Waals surface area (Å²) in [5.41, 5.74) is 7.18. The van der Waals surface area contributed by atoms with Crippen LogP contribution in [0.3, 0.4) is 0 Å². The summed E-state index contributed by atoms with van der Waals surface area (Å²) < 4.78 is 11.0. The first-order valence-electron chi connectivity index (χ1n) is 8.03. The number of fused-ring (bicyclic) bond motifs is 2. The zero-order chi connectivity index (χ0) is 14.9. The van der Waals surface area contributed by atoms with Crippen molar-refractivity contribution in [2.75, 3.05) is 18.5 Å². The van der Waals surface area contributed by atoms with Gasteiger partial charge >= 0.3 is 0 Å². The van der Waals surface area contributed by atoms with Gasteiger partial charge in [-0.25, -0.2) is 5.43 Å². The Morgan fingerprint density at radius 1 is 1.09 bits per heavy atom. The number of ether oxygens (including phenoxy) is 2. The maximum atomic E-state index is 12.6. The Kier molecular flexibility index (Phi) is 3.63. The maximum Gasteiger partial charge on any atom is 0.243 e. The van der Waals surface area contributed by atoms with Crippen molar-refractivity contribution in [2.45, 2.75) is 37.8 Å². The molecule has 3 aliphatic rings. The molecule has 118 valence electrons. The Morgan fingerprint density at radius 3 is 2.82 bits per heavy atom. The van der Waals surface area contributed by atoms with E-state index in [1.54, 1.807) is 0 Å². The fourth-order valence-corrected chi connectivity index (χ4v) is 3.64. The minimum absolute atomic E-state index is 0.0126. The molecule has 6 nitrogen and oxygen atoms in total. The van der Waals surface area contributed by atoms with E-state index < -0.39 is 0 Å². The third-order valence-corrected chi connectivity index (χ3v) is 4.76. The topological polar surface area (TPSA) is 71.6 Å². The summed E-state index contributed by atoms with van der Waals surface area (Å²) in [5.74, 6) is 1.82. The molecule has 0 bridgehead atoms. The third-order valence-electron chi connectivity index (χ3n) is 4.76. The lowest BCUT2D eigenvalue weighted by Crippen LogP contribution is -2.42. The highest BCUT2D eigenvalue weighted by Crippen LogP contribution is 2.34. The van der Waals surface area contributed by atoms with Gasteiger partial charge in [0.15, 0.2) is 11.5 Å². The van der Waals surface area contributed by atoms with Crippen LogP contribution in [0.1, 0.15) is 25.7 Å². The molecule has 6 heteroatoms. The molecule has 0 spiro atoms. The molecule has 3 atom stereocenters. The van der Waals surface area contributed by atoms with Gasteiger partial charge in [0.2, 0.25) is 5.91 Å². The molecule has 0 radical (unpaired) electrons. The molecule has 2 aliphatic heterocycles. The zero-order valence-corrected chi connectivity index (χ0v) is 12.4. The van der Waals surface area contributed by atoms with Crippen molar-refractivity contribution in [1.82, 2.24) is 10.9 Å². The molecule has 1 aromatic rings. The smallest absolute Gasteiger partial charge is 0.243 e. The zero-order valence-electron chi connectivity index (χ0n) is 12.4. The van der Waals surface area contributed by atoms with Crippen molar-refractivity contribution in [2.24, 2.45) is 5.92 Å². The molecule has 1 aliphatic carbocycles. The van der Waals surface area contributed by atoms with Gasteiger partial charge in [0.05, 0.1) is 0 Å². The Hall–Kier alpha value is -1.79. The molecule has 2 fully saturated rings. The molecule has 1 aromatic carbocycles. The number of carbonyl (C=O) groups is 1. The summed E-state index contributed by atoms with van der Waals surface area (Å²) in [7, 11) is 0. The van der Waals surface area contributed by atoms with E-state index in [9.17, 15) is 4.79 Å². The monoisotopic (exact) mass is 303 g/mol. The van der Waals surface area contributed by atoms with Gasteiger partial charge in [0, 0.05) is 23.7 Å². The molecule has 1 saturated carbocycles. The van der Waals surface area contributed by atoms with Gasteiger partial charge in [-0.3, -0.25) is 10.2 Å². The van der Waals surface area contributed by atoms with Gasteiger partial charge in [-0.15, -0.1) is 0 Å². The number of hydrogen-bond acceptors (Lipinski definition) is 5. The largest absolute Gasteiger partial charge is 0.486 e. The predicted molar refractivity (Wildman–Crippen MR) is 81.9 cm³/mol. The highest BCUT2D eigenvalue weighted by Gasteiger charge is 2.40. The SMILES string of the molecule is O=C(Nc1ccc2c(c1)OCCO2)C1NNC2CCCCC21. The van der Waals surface area contributed by atoms with Crippen molar-refractivity contribution in [3.05, 3.63) is 18.2 Å². The van der Waals surface area contributed by atoms with Crippen molar-refractivity contribution < 1.29 is 14.3 Å². The second-order valence-corrected chi connectivity index (χ2v) is 6.17. The molecule has 1 amide bonds. The number of amides is 1. The van der Waals surface area contributed by atoms with E-state index in [4.69, 9.17) is 9.47 Å². The van der Waals surface area contributed by atoms with Gasteiger partial charge in [0.1, 0.15) is 19.3 Å². The van der Waals surface area contributed by atoms with E-state index in [2.05, 4.69) is 16.2 Å². The van der Waals surface area contributed by atoms with Gasteiger partial charge in [-0.2, -0.15) is 0 Å². The second-order valence-electron chi connectivity index (χ2n) is 6.17. The Labute approximate surface area is 129 Å². The minimum Gasteiger partial charge on any atom is -0.486 e. The first-order valence-corrected chi connectivity index (χ1v) is 8.03. The van der Waals surface area contributed by atoms with Crippen LogP contribution in [0.15, 0.2) is 18.2 Å². The summed E-state index contributed by atoms with van der Waals surface area (Å²) in [6.07, 6.45) is 4.69. The van der Waals surface area contributed by atoms with E-state index in [1.165, 1.54) is 12.8 Å². The molecular formula is C16H21N3O3. The molecule has 0 aromatic heterocycles. The van der Waals surface area contributed by atoms with Crippen molar-refractivity contribution in [1.29, 1.82) is 0 Å². The summed E-state index contributed by atoms with van der Waals surface area (Å²) in [4.78, 5) is 12.6. The number of nitrogens with one attached hydrogen (secondary N) is 3. The van der Waals surface area contributed by atoms with Gasteiger partial charge in [0.25, 0.3) is 0 Å². The summed E-state index contributed by atoms with van der Waals surface area (Å²) in [5, 5.41) is 2.99. The van der Waals surface area contributed by atoms with Crippen molar-refractivity contribution in [3.63, 3.8) is 0 Å². The van der Waals surface area contributed by atoms with Crippen LogP contribution >= 0.6 is 0 Å². The molecule has 3 unspecified atom stereocenters. The lowest BCUT2D eigenvalue weighted by atomic mass is 9.81. The molecular weight excluding hydrogens is 282 g/mol. The quantitative estimate of drug-likeness (QED) is 0.771. The number of benzene rings is 1. The normalized spacial score (nSPS) is 29.7. The van der Waals surface area contributed by atoms with Gasteiger partial charge in [-0.05, 0) is 25.0 Å². The van der Waals surface area contributed by atoms with Crippen molar-refractivity contribution >= 4 is 11.6 Å². The van der Waals surface area contributed by atoms with Crippen LogP contribution in [-0.4, -0.2) is 31.2 Å². The summed E-state index contributed by atoms with van der Waals surface area (Å²) >= 11 is 0. The van der Waals surface area contributed by atoms with Crippen LogP contribution in [0.4, 0.5) is 5.69 Å². The lowest BCUT2D eigenvalue weighted by molar-refractivity contribution is -0.118. The van der Waals surface area contributed by atoms with E-state index in [-0.39, 0.29) is 11.9 Å². The van der Waals surface area contributed by atoms with Crippen LogP contribution < -0.4 is 25.6 Å². The van der Waals surface area contributed by atoms with E-state index in [0.717, 1.165) is 24.3 Å². The fourth-order valence-electron chi connectivity index (χ4n) is 3.64. The number of hydrazine groups is 1. The Bertz CT molecular complexity index is 578. The fraction of sp³-hybridized carbons (Fsp3) is 0.562. The molecule has 3 N–H and O–H groups in total. The second kappa shape index (κ2) is 5.78. The van der Waals surface area contributed by atoms with Crippen LogP contribution in [0.5, 0.6) is 11.5 Å². The molecule has 1 saturated heterocycles. The van der Waals surface area contributed by atoms with Crippen molar-refractivity contribution in [3.8, 4) is 11.5 Å². The summed E-state index contributed by atoms with van der Waals surface area (Å²) in [6, 6.07) is 5.77. The Balaban J connectivity index is 1.45. The highest BCUT2D eigenvalue weighted by atomic mass is 16.6. The first kappa shape index (κ1) is 13.8. The average molecular weight is 303 g/mol. The van der Waals surface area contributed by atoms with Crippen LogP contribution in [-0.2, 0) is 4.79 Å². The molecule has 2 heterocycles. The molecule has 22 heavy (non-hydrogen) atoms. The Morgan fingerprint density at radius 2 is 1.91 bits per heavy atom. The average Bonchev–Trinajstić information content (AvgIpc) is 2.99. The first-order chi connectivity index (χ1) is 10.8. The van der Waals surface area contributed by atoms with Gasteiger partial charge in [-0.1, -0.05) is 12.8 Å².